The Hall–Kier alpha value is -4.06. The van der Waals surface area contributed by atoms with Crippen LogP contribution in [-0.2, 0) is 20.6 Å². The van der Waals surface area contributed by atoms with Gasteiger partial charge in [0, 0.05) is 33.0 Å². The number of ether oxygens (including phenoxy) is 1. The van der Waals surface area contributed by atoms with Crippen molar-refractivity contribution in [3.63, 3.8) is 0 Å². The summed E-state index contributed by atoms with van der Waals surface area (Å²) in [5, 5.41) is 14.5. The van der Waals surface area contributed by atoms with Crippen molar-refractivity contribution in [2.75, 3.05) is 23.3 Å². The normalized spacial score (nSPS) is 11.1. The number of carbonyl (C=O) groups excluding carboxylic acids is 1. The molecule has 0 saturated heterocycles. The van der Waals surface area contributed by atoms with Crippen LogP contribution in [0, 0.1) is 24.0 Å². The zero-order chi connectivity index (χ0) is 30.4. The zero-order valence-corrected chi connectivity index (χ0v) is 25.4. The molecule has 4 aromatic carbocycles. The largest absolute Gasteiger partial charge is 0.495 e. The van der Waals surface area contributed by atoms with Crippen molar-refractivity contribution in [1.82, 2.24) is 0 Å². The molecule has 0 radical (unpaired) electrons. The number of amides is 1. The van der Waals surface area contributed by atoms with Crippen molar-refractivity contribution < 1.29 is 22.9 Å². The van der Waals surface area contributed by atoms with Crippen LogP contribution in [0.25, 0.3) is 0 Å². The number of benzene rings is 4. The lowest BCUT2D eigenvalue weighted by Crippen LogP contribution is -2.38. The summed E-state index contributed by atoms with van der Waals surface area (Å²) in [6.45, 7) is 2.71. The molecule has 0 aromatic heterocycles. The highest BCUT2D eigenvalue weighted by molar-refractivity contribution is 7.98. The van der Waals surface area contributed by atoms with Crippen LogP contribution in [0.5, 0.6) is 5.75 Å². The van der Waals surface area contributed by atoms with E-state index in [1.54, 1.807) is 17.8 Å². The molecule has 0 spiro atoms. The molecule has 0 aliphatic heterocycles. The summed E-state index contributed by atoms with van der Waals surface area (Å²) >= 11 is 7.89. The SMILES string of the molecule is COc1ccc(Cl)cc1N(CC(=O)Nc1ccc(CSc2ccccc2)cc1C)S(=O)(=O)c1ccc(C)c([N+](=O)[O-])c1. The predicted molar refractivity (Wildman–Crippen MR) is 166 cm³/mol. The fourth-order valence-corrected chi connectivity index (χ4v) is 6.66. The monoisotopic (exact) mass is 625 g/mol. The van der Waals surface area contributed by atoms with Crippen LogP contribution < -0.4 is 14.4 Å². The third kappa shape index (κ3) is 7.22. The van der Waals surface area contributed by atoms with E-state index in [0.717, 1.165) is 32.1 Å². The first-order valence-corrected chi connectivity index (χ1v) is 15.5. The maximum absolute atomic E-state index is 13.9. The van der Waals surface area contributed by atoms with E-state index in [2.05, 4.69) is 5.32 Å². The molecule has 42 heavy (non-hydrogen) atoms. The summed E-state index contributed by atoms with van der Waals surface area (Å²) in [6, 6.07) is 23.6. The van der Waals surface area contributed by atoms with E-state index in [1.807, 2.05) is 49.4 Å². The number of hydrogen-bond donors (Lipinski definition) is 1. The molecule has 0 bridgehead atoms. The van der Waals surface area contributed by atoms with Crippen molar-refractivity contribution in [1.29, 1.82) is 0 Å². The average Bonchev–Trinajstić information content (AvgIpc) is 2.96. The van der Waals surface area contributed by atoms with Gasteiger partial charge in [-0.25, -0.2) is 8.42 Å². The Bertz CT molecular complexity index is 1730. The van der Waals surface area contributed by atoms with Crippen LogP contribution in [0.1, 0.15) is 16.7 Å². The third-order valence-electron chi connectivity index (χ3n) is 6.38. The molecule has 9 nitrogen and oxygen atoms in total. The van der Waals surface area contributed by atoms with Crippen LogP contribution in [-0.4, -0.2) is 32.9 Å². The van der Waals surface area contributed by atoms with Crippen LogP contribution in [0.3, 0.4) is 0 Å². The van der Waals surface area contributed by atoms with E-state index >= 15 is 0 Å². The molecule has 0 atom stereocenters. The van der Waals surface area contributed by atoms with Gasteiger partial charge in [0.1, 0.15) is 12.3 Å². The first kappa shape index (κ1) is 30.9. The topological polar surface area (TPSA) is 119 Å². The lowest BCUT2D eigenvalue weighted by molar-refractivity contribution is -0.385. The van der Waals surface area contributed by atoms with Crippen LogP contribution in [0.4, 0.5) is 17.1 Å². The van der Waals surface area contributed by atoms with Crippen molar-refractivity contribution in [2.24, 2.45) is 0 Å². The molecule has 218 valence electrons. The maximum atomic E-state index is 13.9. The fourth-order valence-electron chi connectivity index (χ4n) is 4.19. The number of sulfonamides is 1. The number of nitrogens with zero attached hydrogens (tertiary/aromatic N) is 2. The van der Waals surface area contributed by atoms with Gasteiger partial charge in [-0.05, 0) is 67.4 Å². The number of halogens is 1. The van der Waals surface area contributed by atoms with E-state index in [4.69, 9.17) is 16.3 Å². The highest BCUT2D eigenvalue weighted by atomic mass is 35.5. The van der Waals surface area contributed by atoms with Crippen molar-refractivity contribution in [3.8, 4) is 5.75 Å². The lowest BCUT2D eigenvalue weighted by atomic mass is 10.1. The van der Waals surface area contributed by atoms with Crippen molar-refractivity contribution in [3.05, 3.63) is 117 Å². The molecule has 4 rings (SSSR count). The standard InChI is InChI=1S/C30H28ClN3O6S2/c1-20-9-12-25(17-27(20)34(36)37)42(38,39)33(28-16-23(31)11-14-29(28)40-3)18-30(35)32-26-13-10-22(15-21(26)2)19-41-24-7-5-4-6-8-24/h4-17H,18-19H2,1-3H3,(H,32,35). The number of nitro groups is 1. The van der Waals surface area contributed by atoms with E-state index in [0.29, 0.717) is 11.3 Å². The van der Waals surface area contributed by atoms with Gasteiger partial charge in [0.15, 0.2) is 0 Å². The Balaban J connectivity index is 1.63. The van der Waals surface area contributed by atoms with E-state index < -0.39 is 27.4 Å². The number of carbonyl (C=O) groups is 1. The molecule has 0 heterocycles. The van der Waals surface area contributed by atoms with E-state index in [1.165, 1.54) is 44.4 Å². The van der Waals surface area contributed by atoms with Crippen LogP contribution >= 0.6 is 23.4 Å². The zero-order valence-electron chi connectivity index (χ0n) is 23.0. The van der Waals surface area contributed by atoms with Gasteiger partial charge in [0.25, 0.3) is 15.7 Å². The second kappa shape index (κ2) is 13.3. The average molecular weight is 626 g/mol. The smallest absolute Gasteiger partial charge is 0.273 e. The maximum Gasteiger partial charge on any atom is 0.273 e. The van der Waals surface area contributed by atoms with Gasteiger partial charge >= 0.3 is 0 Å². The molecular formula is C30H28ClN3O6S2. The van der Waals surface area contributed by atoms with Gasteiger partial charge in [-0.2, -0.15) is 0 Å². The number of methoxy groups -OCH3 is 1. The first-order chi connectivity index (χ1) is 20.0. The molecular weight excluding hydrogens is 598 g/mol. The van der Waals surface area contributed by atoms with Gasteiger partial charge in [-0.15, -0.1) is 11.8 Å². The minimum Gasteiger partial charge on any atom is -0.495 e. The van der Waals surface area contributed by atoms with Gasteiger partial charge in [-0.3, -0.25) is 19.2 Å². The summed E-state index contributed by atoms with van der Waals surface area (Å²) in [5.41, 5.74) is 2.33. The molecule has 1 amide bonds. The van der Waals surface area contributed by atoms with Crippen molar-refractivity contribution in [2.45, 2.75) is 29.4 Å². The quantitative estimate of drug-likeness (QED) is 0.108. The Kier molecular flexibility index (Phi) is 9.77. The highest BCUT2D eigenvalue weighted by Crippen LogP contribution is 2.36. The van der Waals surface area contributed by atoms with Crippen molar-refractivity contribution >= 4 is 56.4 Å². The molecule has 1 N–H and O–H groups in total. The third-order valence-corrected chi connectivity index (χ3v) is 9.45. The number of anilines is 2. The van der Waals surface area contributed by atoms with Gasteiger partial charge in [-0.1, -0.05) is 48.0 Å². The number of hydrogen-bond acceptors (Lipinski definition) is 7. The Morgan fingerprint density at radius 2 is 1.74 bits per heavy atom. The molecule has 0 saturated carbocycles. The second-order valence-electron chi connectivity index (χ2n) is 9.33. The minimum absolute atomic E-state index is 0.00776. The minimum atomic E-state index is -4.49. The molecule has 0 unspecified atom stereocenters. The van der Waals surface area contributed by atoms with Crippen LogP contribution in [0.15, 0.2) is 94.7 Å². The summed E-state index contributed by atoms with van der Waals surface area (Å²) in [5.74, 6) is 0.257. The summed E-state index contributed by atoms with van der Waals surface area (Å²) in [4.78, 5) is 25.0. The van der Waals surface area contributed by atoms with Gasteiger partial charge < -0.3 is 10.1 Å². The summed E-state index contributed by atoms with van der Waals surface area (Å²) < 4.78 is 34.0. The first-order valence-electron chi connectivity index (χ1n) is 12.7. The van der Waals surface area contributed by atoms with Crippen LogP contribution in [0.2, 0.25) is 5.02 Å². The lowest BCUT2D eigenvalue weighted by Gasteiger charge is -2.26. The summed E-state index contributed by atoms with van der Waals surface area (Å²) in [6.07, 6.45) is 0. The molecule has 0 fully saturated rings. The Labute approximate surface area is 253 Å². The predicted octanol–water partition coefficient (Wildman–Crippen LogP) is 7.00. The Morgan fingerprint density at radius 1 is 1.00 bits per heavy atom. The number of nitrogens with one attached hydrogen (secondary N) is 1. The number of thioether (sulfide) groups is 1. The Morgan fingerprint density at radius 3 is 2.40 bits per heavy atom. The van der Waals surface area contributed by atoms with E-state index in [9.17, 15) is 23.3 Å². The number of nitro benzene ring substituents is 1. The van der Waals surface area contributed by atoms with E-state index in [-0.39, 0.29) is 27.0 Å². The molecule has 0 aliphatic rings. The second-order valence-corrected chi connectivity index (χ2v) is 12.7. The molecule has 4 aromatic rings. The fraction of sp³-hybridized carbons (Fsp3) is 0.167. The number of rotatable bonds is 11. The van der Waals surface area contributed by atoms with Gasteiger partial charge in [0.2, 0.25) is 5.91 Å². The number of aryl methyl sites for hydroxylation is 2. The molecule has 0 aliphatic carbocycles. The highest BCUT2D eigenvalue weighted by Gasteiger charge is 2.31. The summed E-state index contributed by atoms with van der Waals surface area (Å²) in [7, 11) is -3.13. The molecule has 12 heteroatoms. The van der Waals surface area contributed by atoms with Gasteiger partial charge in [0.05, 0.1) is 22.6 Å².